The normalized spacial score (nSPS) is 16.2. The van der Waals surface area contributed by atoms with E-state index in [1.165, 1.54) is 0 Å². The van der Waals surface area contributed by atoms with Gasteiger partial charge in [-0.15, -0.1) is 0 Å². The quantitative estimate of drug-likeness (QED) is 0.735. The molecule has 1 aromatic carbocycles. The van der Waals surface area contributed by atoms with E-state index >= 15 is 0 Å². The van der Waals surface area contributed by atoms with Crippen LogP contribution in [0, 0.1) is 0 Å². The van der Waals surface area contributed by atoms with Crippen molar-refractivity contribution in [1.29, 1.82) is 0 Å². The van der Waals surface area contributed by atoms with Crippen LogP contribution in [-0.2, 0) is 16.1 Å². The minimum Gasteiger partial charge on any atom is -0.391 e. The summed E-state index contributed by atoms with van der Waals surface area (Å²) in [5, 5.41) is 18.8. The fourth-order valence-electron chi connectivity index (χ4n) is 1.58. The second kappa shape index (κ2) is 8.21. The third-order valence-electron chi connectivity index (χ3n) is 2.81. The van der Waals surface area contributed by atoms with Crippen molar-refractivity contribution in [2.75, 3.05) is 13.7 Å². The van der Waals surface area contributed by atoms with E-state index < -0.39 is 12.2 Å². The van der Waals surface area contributed by atoms with Crippen molar-refractivity contribution in [3.8, 4) is 0 Å². The van der Waals surface area contributed by atoms with Crippen LogP contribution < -0.4 is 0 Å². The van der Waals surface area contributed by atoms with Crippen molar-refractivity contribution < 1.29 is 19.7 Å². The topological polar surface area (TPSA) is 58.9 Å². The highest BCUT2D eigenvalue weighted by atomic mass is 16.5. The van der Waals surface area contributed by atoms with E-state index in [0.29, 0.717) is 19.6 Å². The summed E-state index contributed by atoms with van der Waals surface area (Å²) >= 11 is 0. The highest BCUT2D eigenvalue weighted by molar-refractivity contribution is 5.13. The number of rotatable bonds is 8. The van der Waals surface area contributed by atoms with Crippen molar-refractivity contribution in [2.24, 2.45) is 0 Å². The molecule has 0 spiro atoms. The predicted octanol–water partition coefficient (Wildman–Crippen LogP) is 1.35. The fraction of sp³-hybridized carbons (Fsp3) is 0.571. The number of aliphatic hydroxyl groups is 2. The van der Waals surface area contributed by atoms with Gasteiger partial charge in [0, 0.05) is 13.5 Å². The average molecular weight is 254 g/mol. The molecule has 2 unspecified atom stereocenters. The molecule has 18 heavy (non-hydrogen) atoms. The summed E-state index contributed by atoms with van der Waals surface area (Å²) in [4.78, 5) is 0. The largest absolute Gasteiger partial charge is 0.391 e. The van der Waals surface area contributed by atoms with Crippen LogP contribution in [0.5, 0.6) is 0 Å². The Balaban J connectivity index is 2.27. The number of hydrogen-bond acceptors (Lipinski definition) is 4. The van der Waals surface area contributed by atoms with Gasteiger partial charge < -0.3 is 19.7 Å². The van der Waals surface area contributed by atoms with E-state index in [1.807, 2.05) is 30.3 Å². The molecule has 0 heterocycles. The lowest BCUT2D eigenvalue weighted by Crippen LogP contribution is -2.31. The molecule has 1 rings (SSSR count). The smallest absolute Gasteiger partial charge is 0.0830 e. The molecule has 0 saturated heterocycles. The zero-order valence-electron chi connectivity index (χ0n) is 11.0. The van der Waals surface area contributed by atoms with Crippen molar-refractivity contribution in [1.82, 2.24) is 0 Å². The lowest BCUT2D eigenvalue weighted by Gasteiger charge is -2.20. The van der Waals surface area contributed by atoms with Crippen molar-refractivity contribution in [2.45, 2.75) is 38.3 Å². The van der Waals surface area contributed by atoms with Gasteiger partial charge in [0.15, 0.2) is 0 Å². The van der Waals surface area contributed by atoms with Crippen molar-refractivity contribution in [3.63, 3.8) is 0 Å². The lowest BCUT2D eigenvalue weighted by molar-refractivity contribution is -0.0478. The van der Waals surface area contributed by atoms with Crippen molar-refractivity contribution >= 4 is 0 Å². The Hall–Kier alpha value is -0.940. The van der Waals surface area contributed by atoms with Crippen LogP contribution in [-0.4, -0.2) is 42.2 Å². The monoisotopic (exact) mass is 254 g/mol. The van der Waals surface area contributed by atoms with Crippen LogP contribution in [0.4, 0.5) is 0 Å². The molecule has 102 valence electrons. The number of hydrogen-bond donors (Lipinski definition) is 2. The van der Waals surface area contributed by atoms with Crippen LogP contribution in [0.1, 0.15) is 18.9 Å². The van der Waals surface area contributed by atoms with E-state index in [1.54, 1.807) is 14.0 Å². The molecule has 2 N–H and O–H groups in total. The second-order valence-corrected chi connectivity index (χ2v) is 4.40. The summed E-state index contributed by atoms with van der Waals surface area (Å²) < 4.78 is 10.7. The summed E-state index contributed by atoms with van der Waals surface area (Å²) in [6.07, 6.45) is -1.38. The van der Waals surface area contributed by atoms with Crippen LogP contribution >= 0.6 is 0 Å². The van der Waals surface area contributed by atoms with E-state index in [4.69, 9.17) is 9.47 Å². The number of ether oxygens (including phenoxy) is 2. The van der Waals surface area contributed by atoms with Crippen molar-refractivity contribution in [3.05, 3.63) is 35.9 Å². The standard InChI is InChI=1S/C14H22O4/c1-11(15)14(16)8-13(17-2)10-18-9-12-6-4-3-5-7-12/h3-7,11,13-16H,8-10H2,1-2H3/t11-,13?,14?/m1/s1. The van der Waals surface area contributed by atoms with Gasteiger partial charge in [0.2, 0.25) is 0 Å². The van der Waals surface area contributed by atoms with Gasteiger partial charge in [0.25, 0.3) is 0 Å². The van der Waals surface area contributed by atoms with Crippen LogP contribution in [0.15, 0.2) is 30.3 Å². The van der Waals surface area contributed by atoms with Gasteiger partial charge in [0.1, 0.15) is 0 Å². The van der Waals surface area contributed by atoms with Gasteiger partial charge in [-0.3, -0.25) is 0 Å². The Bertz CT molecular complexity index is 313. The zero-order chi connectivity index (χ0) is 13.4. The second-order valence-electron chi connectivity index (χ2n) is 4.40. The van der Waals surface area contributed by atoms with Gasteiger partial charge in [-0.05, 0) is 12.5 Å². The molecular formula is C14H22O4. The first-order valence-electron chi connectivity index (χ1n) is 6.14. The molecule has 0 aliphatic heterocycles. The molecule has 0 fully saturated rings. The first kappa shape index (κ1) is 15.1. The Morgan fingerprint density at radius 3 is 2.39 bits per heavy atom. The van der Waals surface area contributed by atoms with Gasteiger partial charge >= 0.3 is 0 Å². The Morgan fingerprint density at radius 2 is 1.83 bits per heavy atom. The Morgan fingerprint density at radius 1 is 1.17 bits per heavy atom. The molecule has 0 aliphatic carbocycles. The summed E-state index contributed by atoms with van der Waals surface area (Å²) in [7, 11) is 1.57. The number of methoxy groups -OCH3 is 1. The first-order chi connectivity index (χ1) is 8.63. The SMILES string of the molecule is COC(COCc1ccccc1)CC(O)[C@@H](C)O. The summed E-state index contributed by atoms with van der Waals surface area (Å²) in [6, 6.07) is 9.87. The van der Waals surface area contributed by atoms with E-state index in [0.717, 1.165) is 5.56 Å². The molecule has 4 heteroatoms. The van der Waals surface area contributed by atoms with E-state index in [-0.39, 0.29) is 6.10 Å². The third kappa shape index (κ3) is 5.60. The van der Waals surface area contributed by atoms with Gasteiger partial charge in [-0.2, -0.15) is 0 Å². The summed E-state index contributed by atoms with van der Waals surface area (Å²) in [6.45, 7) is 2.48. The highest BCUT2D eigenvalue weighted by Crippen LogP contribution is 2.08. The number of aliphatic hydroxyl groups excluding tert-OH is 2. The minimum atomic E-state index is -0.782. The fourth-order valence-corrected chi connectivity index (χ4v) is 1.58. The Labute approximate surface area is 108 Å². The Kier molecular flexibility index (Phi) is 6.90. The summed E-state index contributed by atoms with van der Waals surface area (Å²) in [5.41, 5.74) is 1.10. The maximum absolute atomic E-state index is 9.56. The average Bonchev–Trinajstić information content (AvgIpc) is 2.38. The first-order valence-corrected chi connectivity index (χ1v) is 6.14. The molecule has 0 aliphatic rings. The molecule has 0 aromatic heterocycles. The highest BCUT2D eigenvalue weighted by Gasteiger charge is 2.18. The third-order valence-corrected chi connectivity index (χ3v) is 2.81. The molecule has 0 bridgehead atoms. The molecular weight excluding hydrogens is 232 g/mol. The molecule has 0 amide bonds. The van der Waals surface area contributed by atoms with Crippen LogP contribution in [0.3, 0.4) is 0 Å². The predicted molar refractivity (Wildman–Crippen MR) is 69.2 cm³/mol. The minimum absolute atomic E-state index is 0.210. The molecule has 3 atom stereocenters. The molecule has 0 radical (unpaired) electrons. The van der Waals surface area contributed by atoms with Gasteiger partial charge in [-0.25, -0.2) is 0 Å². The maximum atomic E-state index is 9.56. The van der Waals surface area contributed by atoms with Gasteiger partial charge in [0.05, 0.1) is 31.5 Å². The summed E-state index contributed by atoms with van der Waals surface area (Å²) in [5.74, 6) is 0. The molecule has 4 nitrogen and oxygen atoms in total. The molecule has 1 aromatic rings. The van der Waals surface area contributed by atoms with E-state index in [2.05, 4.69) is 0 Å². The van der Waals surface area contributed by atoms with E-state index in [9.17, 15) is 10.2 Å². The van der Waals surface area contributed by atoms with Crippen LogP contribution in [0.2, 0.25) is 0 Å². The van der Waals surface area contributed by atoms with Gasteiger partial charge in [-0.1, -0.05) is 30.3 Å². The zero-order valence-corrected chi connectivity index (χ0v) is 11.0. The lowest BCUT2D eigenvalue weighted by atomic mass is 10.1. The number of benzene rings is 1. The van der Waals surface area contributed by atoms with Crippen LogP contribution in [0.25, 0.3) is 0 Å². The molecule has 0 saturated carbocycles. The maximum Gasteiger partial charge on any atom is 0.0830 e.